The first kappa shape index (κ1) is 12.9. The first-order chi connectivity index (χ1) is 9.24. The monoisotopic (exact) mass is 317 g/mol. The second-order valence-electron chi connectivity index (χ2n) is 4.85. The second kappa shape index (κ2) is 5.45. The molecule has 1 heterocycles. The predicted octanol–water partition coefficient (Wildman–Crippen LogP) is 4.20. The molecule has 3 atom stereocenters. The highest BCUT2D eigenvalue weighted by Gasteiger charge is 2.33. The standard InChI is InChI=1S/C16H16BrNO/c1-11-15(12-5-3-2-4-6-12)19-16(18-11)13-7-9-14(17)10-8-13/h2-11,15-16,18H,1H3/t11-,15+,16-/m1/s1. The maximum Gasteiger partial charge on any atom is 0.135 e. The van der Waals surface area contributed by atoms with Gasteiger partial charge >= 0.3 is 0 Å². The number of ether oxygens (including phenoxy) is 1. The molecule has 0 spiro atoms. The van der Waals surface area contributed by atoms with Crippen LogP contribution in [0.3, 0.4) is 0 Å². The summed E-state index contributed by atoms with van der Waals surface area (Å²) in [5.74, 6) is 0. The van der Waals surface area contributed by atoms with E-state index >= 15 is 0 Å². The van der Waals surface area contributed by atoms with Crippen LogP contribution in [0.4, 0.5) is 0 Å². The van der Waals surface area contributed by atoms with Gasteiger partial charge in [0.25, 0.3) is 0 Å². The molecule has 1 fully saturated rings. The van der Waals surface area contributed by atoms with E-state index in [-0.39, 0.29) is 12.3 Å². The van der Waals surface area contributed by atoms with Gasteiger partial charge in [-0.1, -0.05) is 58.4 Å². The molecule has 1 aliphatic rings. The van der Waals surface area contributed by atoms with Gasteiger partial charge in [-0.25, -0.2) is 0 Å². The van der Waals surface area contributed by atoms with Gasteiger partial charge in [-0.2, -0.15) is 0 Å². The highest BCUT2D eigenvalue weighted by Crippen LogP contribution is 2.34. The molecule has 2 aromatic carbocycles. The quantitative estimate of drug-likeness (QED) is 0.896. The number of hydrogen-bond donors (Lipinski definition) is 1. The molecular formula is C16H16BrNO. The molecule has 0 bridgehead atoms. The lowest BCUT2D eigenvalue weighted by Crippen LogP contribution is -2.23. The summed E-state index contributed by atoms with van der Waals surface area (Å²) in [5, 5.41) is 3.50. The van der Waals surface area contributed by atoms with Crippen molar-refractivity contribution in [1.29, 1.82) is 0 Å². The average Bonchev–Trinajstić information content (AvgIpc) is 2.83. The molecule has 1 saturated heterocycles. The van der Waals surface area contributed by atoms with Crippen LogP contribution in [0.5, 0.6) is 0 Å². The summed E-state index contributed by atoms with van der Waals surface area (Å²) in [6.45, 7) is 2.16. The van der Waals surface area contributed by atoms with Crippen molar-refractivity contribution >= 4 is 15.9 Å². The third-order valence-corrected chi connectivity index (χ3v) is 3.98. The average molecular weight is 318 g/mol. The van der Waals surface area contributed by atoms with Gasteiger partial charge in [0, 0.05) is 10.5 Å². The Labute approximate surface area is 121 Å². The second-order valence-corrected chi connectivity index (χ2v) is 5.77. The van der Waals surface area contributed by atoms with E-state index in [1.807, 2.05) is 18.2 Å². The van der Waals surface area contributed by atoms with Gasteiger partial charge in [0.05, 0.1) is 0 Å². The minimum Gasteiger partial charge on any atom is -0.350 e. The Bertz CT molecular complexity index is 540. The molecule has 0 amide bonds. The van der Waals surface area contributed by atoms with Crippen LogP contribution in [0.2, 0.25) is 0 Å². The minimum absolute atomic E-state index is 0.0340. The molecule has 1 N–H and O–H groups in total. The number of rotatable bonds is 2. The van der Waals surface area contributed by atoms with Crippen LogP contribution in [0.15, 0.2) is 59.1 Å². The van der Waals surface area contributed by atoms with Crippen LogP contribution in [-0.4, -0.2) is 6.04 Å². The number of benzene rings is 2. The zero-order valence-corrected chi connectivity index (χ0v) is 12.3. The Morgan fingerprint density at radius 1 is 0.947 bits per heavy atom. The fourth-order valence-electron chi connectivity index (χ4n) is 2.45. The van der Waals surface area contributed by atoms with Crippen molar-refractivity contribution in [2.24, 2.45) is 0 Å². The summed E-state index contributed by atoms with van der Waals surface area (Å²) in [7, 11) is 0. The summed E-state index contributed by atoms with van der Waals surface area (Å²) in [6, 6.07) is 18.9. The smallest absolute Gasteiger partial charge is 0.135 e. The number of hydrogen-bond acceptors (Lipinski definition) is 2. The number of nitrogens with one attached hydrogen (secondary N) is 1. The van der Waals surface area contributed by atoms with Gasteiger partial charge in [0.1, 0.15) is 12.3 Å². The van der Waals surface area contributed by atoms with Crippen LogP contribution < -0.4 is 5.32 Å². The maximum atomic E-state index is 6.16. The van der Waals surface area contributed by atoms with E-state index in [1.165, 1.54) is 5.56 Å². The lowest BCUT2D eigenvalue weighted by atomic mass is 10.0. The Balaban J connectivity index is 1.80. The Hall–Kier alpha value is -1.16. The van der Waals surface area contributed by atoms with Gasteiger partial charge in [0.15, 0.2) is 0 Å². The van der Waals surface area contributed by atoms with Crippen LogP contribution in [0, 0.1) is 0 Å². The topological polar surface area (TPSA) is 21.3 Å². The van der Waals surface area contributed by atoms with Gasteiger partial charge < -0.3 is 4.74 Å². The highest BCUT2D eigenvalue weighted by atomic mass is 79.9. The third kappa shape index (κ3) is 2.73. The van der Waals surface area contributed by atoms with Crippen molar-refractivity contribution in [3.63, 3.8) is 0 Å². The lowest BCUT2D eigenvalue weighted by molar-refractivity contribution is 0.0363. The molecule has 98 valence electrons. The van der Waals surface area contributed by atoms with Gasteiger partial charge in [-0.05, 0) is 30.2 Å². The van der Waals surface area contributed by atoms with Crippen molar-refractivity contribution < 1.29 is 4.74 Å². The van der Waals surface area contributed by atoms with E-state index in [4.69, 9.17) is 4.74 Å². The van der Waals surface area contributed by atoms with E-state index in [9.17, 15) is 0 Å². The summed E-state index contributed by atoms with van der Waals surface area (Å²) in [6.07, 6.45) is 0.0724. The van der Waals surface area contributed by atoms with Crippen LogP contribution >= 0.6 is 15.9 Å². The normalized spacial score (nSPS) is 26.5. The molecule has 2 aromatic rings. The summed E-state index contributed by atoms with van der Waals surface area (Å²) >= 11 is 3.45. The van der Waals surface area contributed by atoms with E-state index < -0.39 is 0 Å². The highest BCUT2D eigenvalue weighted by molar-refractivity contribution is 9.10. The third-order valence-electron chi connectivity index (χ3n) is 3.45. The maximum absolute atomic E-state index is 6.16. The molecule has 0 aromatic heterocycles. The molecule has 19 heavy (non-hydrogen) atoms. The molecule has 2 nitrogen and oxygen atoms in total. The lowest BCUT2D eigenvalue weighted by Gasteiger charge is -2.14. The van der Waals surface area contributed by atoms with Crippen molar-refractivity contribution in [3.8, 4) is 0 Å². The van der Waals surface area contributed by atoms with E-state index in [0.29, 0.717) is 6.04 Å². The zero-order chi connectivity index (χ0) is 13.2. The molecule has 0 unspecified atom stereocenters. The minimum atomic E-state index is -0.0340. The van der Waals surface area contributed by atoms with Gasteiger partial charge in [-0.15, -0.1) is 0 Å². The molecule has 0 aliphatic carbocycles. The van der Waals surface area contributed by atoms with Crippen molar-refractivity contribution in [3.05, 3.63) is 70.2 Å². The van der Waals surface area contributed by atoms with E-state index in [2.05, 4.69) is 64.6 Å². The van der Waals surface area contributed by atoms with E-state index in [1.54, 1.807) is 0 Å². The molecule has 3 rings (SSSR count). The Kier molecular flexibility index (Phi) is 3.69. The summed E-state index contributed by atoms with van der Waals surface area (Å²) in [5.41, 5.74) is 2.38. The Morgan fingerprint density at radius 3 is 2.32 bits per heavy atom. The van der Waals surface area contributed by atoms with Crippen LogP contribution in [0.25, 0.3) is 0 Å². The zero-order valence-electron chi connectivity index (χ0n) is 10.7. The summed E-state index contributed by atoms with van der Waals surface area (Å²) < 4.78 is 7.24. The molecule has 1 aliphatic heterocycles. The van der Waals surface area contributed by atoms with Crippen molar-refractivity contribution in [2.45, 2.75) is 25.3 Å². The largest absolute Gasteiger partial charge is 0.350 e. The van der Waals surface area contributed by atoms with Gasteiger partial charge in [-0.3, -0.25) is 5.32 Å². The van der Waals surface area contributed by atoms with E-state index in [0.717, 1.165) is 10.0 Å². The molecular weight excluding hydrogens is 302 g/mol. The first-order valence-corrected chi connectivity index (χ1v) is 7.25. The van der Waals surface area contributed by atoms with Crippen LogP contribution in [0.1, 0.15) is 30.4 Å². The SMILES string of the molecule is C[C@H]1N[C@@H](c2ccc(Br)cc2)O[C@@H]1c1ccccc1. The Morgan fingerprint density at radius 2 is 1.63 bits per heavy atom. The summed E-state index contributed by atoms with van der Waals surface area (Å²) in [4.78, 5) is 0. The van der Waals surface area contributed by atoms with Crippen molar-refractivity contribution in [1.82, 2.24) is 5.32 Å². The molecule has 0 saturated carbocycles. The van der Waals surface area contributed by atoms with Gasteiger partial charge in [0.2, 0.25) is 0 Å². The van der Waals surface area contributed by atoms with Crippen molar-refractivity contribution in [2.75, 3.05) is 0 Å². The predicted molar refractivity (Wildman–Crippen MR) is 79.7 cm³/mol. The van der Waals surface area contributed by atoms with Crippen LogP contribution in [-0.2, 0) is 4.74 Å². The molecule has 0 radical (unpaired) electrons. The number of halogens is 1. The fraction of sp³-hybridized carbons (Fsp3) is 0.250. The first-order valence-electron chi connectivity index (χ1n) is 6.46. The fourth-order valence-corrected chi connectivity index (χ4v) is 2.72. The molecule has 3 heteroatoms.